The summed E-state index contributed by atoms with van der Waals surface area (Å²) in [7, 11) is 1.75. The molecule has 0 bridgehead atoms. The summed E-state index contributed by atoms with van der Waals surface area (Å²) >= 11 is 0. The molecule has 106 valence electrons. The van der Waals surface area contributed by atoms with Gasteiger partial charge in [0, 0.05) is 12.1 Å². The van der Waals surface area contributed by atoms with E-state index in [9.17, 15) is 15.0 Å². The summed E-state index contributed by atoms with van der Waals surface area (Å²) in [5, 5.41) is 21.3. The number of likely N-dealkylation sites (N-methyl/N-ethyl adjacent to an activating group) is 1. The van der Waals surface area contributed by atoms with E-state index in [4.69, 9.17) is 0 Å². The number of hydrogen-bond acceptors (Lipinski definition) is 3. The quantitative estimate of drug-likeness (QED) is 0.899. The van der Waals surface area contributed by atoms with Gasteiger partial charge >= 0.3 is 5.97 Å². The summed E-state index contributed by atoms with van der Waals surface area (Å²) in [4.78, 5) is 13.0. The highest BCUT2D eigenvalue weighted by Gasteiger charge is 2.32. The topological polar surface area (TPSA) is 60.8 Å². The standard InChI is InChI=1S/C16H19NO3/c1-16(2,15(19)20)17(3)10-13-12-7-5-4-6-11(12)8-9-14(13)18/h4-9,18H,10H2,1-3H3,(H,19,20). The van der Waals surface area contributed by atoms with Crippen LogP contribution in [0, 0.1) is 0 Å². The zero-order valence-electron chi connectivity index (χ0n) is 11.9. The number of carboxylic acids is 1. The van der Waals surface area contributed by atoms with Crippen LogP contribution in [0.4, 0.5) is 0 Å². The SMILES string of the molecule is CN(Cc1c(O)ccc2ccccc12)C(C)(C)C(=O)O. The lowest BCUT2D eigenvalue weighted by Gasteiger charge is -2.32. The van der Waals surface area contributed by atoms with Gasteiger partial charge in [-0.15, -0.1) is 0 Å². The Hall–Kier alpha value is -2.07. The molecule has 2 aromatic carbocycles. The number of carboxylic acid groups (broad SMARTS) is 1. The Morgan fingerprint density at radius 2 is 1.85 bits per heavy atom. The van der Waals surface area contributed by atoms with Crippen LogP contribution in [0.5, 0.6) is 5.75 Å². The Morgan fingerprint density at radius 1 is 1.20 bits per heavy atom. The van der Waals surface area contributed by atoms with Crippen molar-refractivity contribution >= 4 is 16.7 Å². The number of phenolic OH excluding ortho intramolecular Hbond substituents is 1. The van der Waals surface area contributed by atoms with E-state index in [1.807, 2.05) is 30.3 Å². The van der Waals surface area contributed by atoms with Gasteiger partial charge in [0.1, 0.15) is 11.3 Å². The summed E-state index contributed by atoms with van der Waals surface area (Å²) in [6.07, 6.45) is 0. The van der Waals surface area contributed by atoms with Crippen molar-refractivity contribution in [3.8, 4) is 5.75 Å². The van der Waals surface area contributed by atoms with Crippen LogP contribution in [-0.2, 0) is 11.3 Å². The van der Waals surface area contributed by atoms with Crippen LogP contribution in [0.3, 0.4) is 0 Å². The van der Waals surface area contributed by atoms with Crippen LogP contribution in [-0.4, -0.2) is 33.7 Å². The highest BCUT2D eigenvalue weighted by molar-refractivity contribution is 5.87. The fraction of sp³-hybridized carbons (Fsp3) is 0.312. The van der Waals surface area contributed by atoms with Gasteiger partial charge in [0.2, 0.25) is 0 Å². The fourth-order valence-electron chi connectivity index (χ4n) is 2.09. The number of fused-ring (bicyclic) bond motifs is 1. The molecule has 0 heterocycles. The van der Waals surface area contributed by atoms with Crippen LogP contribution in [0.15, 0.2) is 36.4 Å². The molecule has 0 aliphatic rings. The van der Waals surface area contributed by atoms with Crippen molar-refractivity contribution in [2.75, 3.05) is 7.05 Å². The van der Waals surface area contributed by atoms with Gasteiger partial charge in [0.15, 0.2) is 0 Å². The van der Waals surface area contributed by atoms with Gasteiger partial charge in [-0.1, -0.05) is 30.3 Å². The third kappa shape index (κ3) is 2.47. The van der Waals surface area contributed by atoms with E-state index in [1.165, 1.54) is 0 Å². The smallest absolute Gasteiger partial charge is 0.323 e. The van der Waals surface area contributed by atoms with Gasteiger partial charge in [0.25, 0.3) is 0 Å². The number of nitrogens with zero attached hydrogens (tertiary/aromatic N) is 1. The number of phenols is 1. The first-order valence-electron chi connectivity index (χ1n) is 6.48. The Labute approximate surface area is 118 Å². The highest BCUT2D eigenvalue weighted by Crippen LogP contribution is 2.29. The third-order valence-electron chi connectivity index (χ3n) is 3.89. The van der Waals surface area contributed by atoms with Gasteiger partial charge in [-0.05, 0) is 37.7 Å². The maximum atomic E-state index is 11.3. The monoisotopic (exact) mass is 273 g/mol. The van der Waals surface area contributed by atoms with Gasteiger partial charge in [-0.2, -0.15) is 0 Å². The Bertz CT molecular complexity index is 649. The largest absolute Gasteiger partial charge is 0.508 e. The molecule has 0 radical (unpaired) electrons. The molecule has 0 spiro atoms. The number of rotatable bonds is 4. The second-order valence-corrected chi connectivity index (χ2v) is 5.50. The molecule has 0 amide bonds. The molecule has 0 aliphatic heterocycles. The van der Waals surface area contributed by atoms with Gasteiger partial charge in [-0.3, -0.25) is 9.69 Å². The van der Waals surface area contributed by atoms with Crippen LogP contribution in [0.2, 0.25) is 0 Å². The van der Waals surface area contributed by atoms with Gasteiger partial charge in [0.05, 0.1) is 0 Å². The molecule has 0 unspecified atom stereocenters. The zero-order chi connectivity index (χ0) is 14.9. The van der Waals surface area contributed by atoms with E-state index in [0.717, 1.165) is 16.3 Å². The van der Waals surface area contributed by atoms with Crippen molar-refractivity contribution in [1.29, 1.82) is 0 Å². The van der Waals surface area contributed by atoms with Crippen molar-refractivity contribution in [3.05, 3.63) is 42.0 Å². The number of carbonyl (C=O) groups is 1. The van der Waals surface area contributed by atoms with Gasteiger partial charge < -0.3 is 10.2 Å². The predicted molar refractivity (Wildman–Crippen MR) is 78.8 cm³/mol. The summed E-state index contributed by atoms with van der Waals surface area (Å²) in [6, 6.07) is 11.3. The van der Waals surface area contributed by atoms with Crippen molar-refractivity contribution in [2.24, 2.45) is 0 Å². The van der Waals surface area contributed by atoms with E-state index < -0.39 is 11.5 Å². The maximum Gasteiger partial charge on any atom is 0.323 e. The molecule has 2 rings (SSSR count). The summed E-state index contributed by atoms with van der Waals surface area (Å²) in [5.74, 6) is -0.698. The van der Waals surface area contributed by atoms with E-state index in [1.54, 1.807) is 31.9 Å². The Balaban J connectivity index is 2.44. The molecule has 2 aromatic rings. The average Bonchev–Trinajstić information content (AvgIpc) is 2.41. The van der Waals surface area contributed by atoms with Crippen molar-refractivity contribution in [2.45, 2.75) is 25.9 Å². The molecule has 4 heteroatoms. The minimum Gasteiger partial charge on any atom is -0.508 e. The van der Waals surface area contributed by atoms with Crippen molar-refractivity contribution in [1.82, 2.24) is 4.90 Å². The lowest BCUT2D eigenvalue weighted by molar-refractivity contribution is -0.148. The minimum atomic E-state index is -0.997. The minimum absolute atomic E-state index is 0.191. The summed E-state index contributed by atoms with van der Waals surface area (Å²) in [5.41, 5.74) is -0.247. The number of hydrogen-bond donors (Lipinski definition) is 2. The zero-order valence-corrected chi connectivity index (χ0v) is 11.9. The van der Waals surface area contributed by atoms with Crippen LogP contribution >= 0.6 is 0 Å². The first-order chi connectivity index (χ1) is 9.34. The molecule has 0 atom stereocenters. The Kier molecular flexibility index (Phi) is 3.68. The lowest BCUT2D eigenvalue weighted by atomic mass is 9.99. The number of benzene rings is 2. The number of aliphatic carboxylic acids is 1. The van der Waals surface area contributed by atoms with Crippen molar-refractivity contribution < 1.29 is 15.0 Å². The predicted octanol–water partition coefficient (Wildman–Crippen LogP) is 2.84. The summed E-state index contributed by atoms with van der Waals surface area (Å²) < 4.78 is 0. The molecule has 20 heavy (non-hydrogen) atoms. The van der Waals surface area contributed by atoms with E-state index in [0.29, 0.717) is 6.54 Å². The molecule has 4 nitrogen and oxygen atoms in total. The second kappa shape index (κ2) is 5.13. The van der Waals surface area contributed by atoms with E-state index >= 15 is 0 Å². The van der Waals surface area contributed by atoms with Gasteiger partial charge in [-0.25, -0.2) is 0 Å². The Morgan fingerprint density at radius 3 is 2.50 bits per heavy atom. The fourth-order valence-corrected chi connectivity index (χ4v) is 2.09. The molecule has 0 saturated heterocycles. The highest BCUT2D eigenvalue weighted by atomic mass is 16.4. The van der Waals surface area contributed by atoms with Crippen LogP contribution in [0.25, 0.3) is 10.8 Å². The van der Waals surface area contributed by atoms with Crippen molar-refractivity contribution in [3.63, 3.8) is 0 Å². The second-order valence-electron chi connectivity index (χ2n) is 5.50. The summed E-state index contributed by atoms with van der Waals surface area (Å²) in [6.45, 7) is 3.67. The first-order valence-corrected chi connectivity index (χ1v) is 6.48. The molecule has 2 N–H and O–H groups in total. The van der Waals surface area contributed by atoms with Crippen LogP contribution in [0.1, 0.15) is 19.4 Å². The van der Waals surface area contributed by atoms with E-state index in [-0.39, 0.29) is 5.75 Å². The average molecular weight is 273 g/mol. The molecule has 0 aromatic heterocycles. The molecular formula is C16H19NO3. The lowest BCUT2D eigenvalue weighted by Crippen LogP contribution is -2.47. The normalized spacial score (nSPS) is 12.0. The third-order valence-corrected chi connectivity index (χ3v) is 3.89. The molecule has 0 saturated carbocycles. The number of aromatic hydroxyl groups is 1. The first kappa shape index (κ1) is 14.3. The molecule has 0 fully saturated rings. The molecular weight excluding hydrogens is 254 g/mol. The van der Waals surface area contributed by atoms with Crippen LogP contribution < -0.4 is 0 Å². The van der Waals surface area contributed by atoms with E-state index in [2.05, 4.69) is 0 Å². The maximum absolute atomic E-state index is 11.3. The molecule has 0 aliphatic carbocycles.